The lowest BCUT2D eigenvalue weighted by Gasteiger charge is -2.18. The highest BCUT2D eigenvalue weighted by Crippen LogP contribution is 2.27. The second kappa shape index (κ2) is 9.10. The molecule has 0 aliphatic carbocycles. The Bertz CT molecular complexity index is 778. The zero-order chi connectivity index (χ0) is 19.1. The van der Waals surface area contributed by atoms with Crippen molar-refractivity contribution < 1.29 is 19.1 Å². The van der Waals surface area contributed by atoms with Crippen molar-refractivity contribution in [3.63, 3.8) is 0 Å². The van der Waals surface area contributed by atoms with Crippen molar-refractivity contribution >= 4 is 23.4 Å². The minimum Gasteiger partial charge on any atom is -0.493 e. The molecule has 0 heterocycles. The van der Waals surface area contributed by atoms with Gasteiger partial charge in [0.1, 0.15) is 0 Å². The second-order valence-electron chi connectivity index (χ2n) is 5.63. The monoisotopic (exact) mass is 376 g/mol. The summed E-state index contributed by atoms with van der Waals surface area (Å²) in [6.07, 6.45) is 0. The Morgan fingerprint density at radius 3 is 2.31 bits per heavy atom. The third kappa shape index (κ3) is 5.13. The number of methoxy groups -OCH3 is 2. The number of hydrogen-bond acceptors (Lipinski definition) is 4. The lowest BCUT2D eigenvalue weighted by Crippen LogP contribution is -2.37. The Labute approximate surface area is 157 Å². The number of halogens is 1. The summed E-state index contributed by atoms with van der Waals surface area (Å²) in [6, 6.07) is 12.1. The molecule has 0 fully saturated rings. The van der Waals surface area contributed by atoms with Gasteiger partial charge in [-0.15, -0.1) is 0 Å². The minimum atomic E-state index is -0.362. The van der Waals surface area contributed by atoms with Crippen molar-refractivity contribution in [2.45, 2.75) is 6.54 Å². The van der Waals surface area contributed by atoms with Crippen LogP contribution in [0, 0.1) is 0 Å². The van der Waals surface area contributed by atoms with E-state index in [-0.39, 0.29) is 18.4 Å². The van der Waals surface area contributed by atoms with Gasteiger partial charge in [0.15, 0.2) is 11.5 Å². The Hall–Kier alpha value is -2.73. The van der Waals surface area contributed by atoms with Crippen LogP contribution in [0.4, 0.5) is 0 Å². The zero-order valence-corrected chi connectivity index (χ0v) is 15.7. The number of ether oxygens (including phenoxy) is 2. The first-order valence-corrected chi connectivity index (χ1v) is 8.31. The molecular formula is C19H21ClN2O4. The molecule has 0 unspecified atom stereocenters. The van der Waals surface area contributed by atoms with Crippen LogP contribution in [0.1, 0.15) is 15.9 Å². The van der Waals surface area contributed by atoms with Crippen LogP contribution >= 0.6 is 11.6 Å². The number of rotatable bonds is 7. The normalized spacial score (nSPS) is 10.2. The third-order valence-corrected chi connectivity index (χ3v) is 4.06. The lowest BCUT2D eigenvalue weighted by molar-refractivity contribution is -0.129. The van der Waals surface area contributed by atoms with E-state index in [2.05, 4.69) is 5.32 Å². The maximum Gasteiger partial charge on any atom is 0.251 e. The van der Waals surface area contributed by atoms with E-state index in [4.69, 9.17) is 21.1 Å². The molecule has 1 N–H and O–H groups in total. The molecular weight excluding hydrogens is 356 g/mol. The molecule has 0 atom stereocenters. The molecule has 26 heavy (non-hydrogen) atoms. The first-order valence-electron chi connectivity index (χ1n) is 7.93. The molecule has 2 aromatic rings. The number of carbonyl (C=O) groups excluding carboxylic acids is 2. The van der Waals surface area contributed by atoms with Crippen molar-refractivity contribution in [2.24, 2.45) is 0 Å². The fraction of sp³-hybridized carbons (Fsp3) is 0.263. The molecule has 0 aliphatic heterocycles. The number of likely N-dealkylation sites (N-methyl/N-ethyl adjacent to an activating group) is 1. The maximum atomic E-state index is 12.2. The van der Waals surface area contributed by atoms with Gasteiger partial charge < -0.3 is 19.7 Å². The van der Waals surface area contributed by atoms with Crippen molar-refractivity contribution in [1.82, 2.24) is 10.2 Å². The van der Waals surface area contributed by atoms with Gasteiger partial charge in [-0.1, -0.05) is 23.7 Å². The molecule has 0 aromatic heterocycles. The molecule has 6 nitrogen and oxygen atoms in total. The Morgan fingerprint density at radius 1 is 1.04 bits per heavy atom. The molecule has 0 saturated carbocycles. The molecule has 2 aromatic carbocycles. The van der Waals surface area contributed by atoms with Gasteiger partial charge in [-0.05, 0) is 35.9 Å². The van der Waals surface area contributed by atoms with Crippen molar-refractivity contribution in [2.75, 3.05) is 27.8 Å². The summed E-state index contributed by atoms with van der Waals surface area (Å²) in [5, 5.41) is 3.26. The van der Waals surface area contributed by atoms with Crippen LogP contribution in [0.15, 0.2) is 42.5 Å². The maximum absolute atomic E-state index is 12.2. The summed E-state index contributed by atoms with van der Waals surface area (Å²) in [7, 11) is 4.70. The highest BCUT2D eigenvalue weighted by atomic mass is 35.5. The molecule has 0 spiro atoms. The summed E-state index contributed by atoms with van der Waals surface area (Å²) in [4.78, 5) is 26.0. The van der Waals surface area contributed by atoms with E-state index in [0.29, 0.717) is 28.6 Å². The smallest absolute Gasteiger partial charge is 0.251 e. The highest BCUT2D eigenvalue weighted by molar-refractivity contribution is 6.30. The first-order chi connectivity index (χ1) is 12.4. The predicted molar refractivity (Wildman–Crippen MR) is 99.8 cm³/mol. The topological polar surface area (TPSA) is 67.9 Å². The SMILES string of the molecule is COc1ccc(C(=O)NCC(=O)N(C)Cc2ccc(Cl)cc2)cc1OC. The van der Waals surface area contributed by atoms with Crippen LogP contribution in [-0.2, 0) is 11.3 Å². The van der Waals surface area contributed by atoms with Crippen LogP contribution in [0.3, 0.4) is 0 Å². The molecule has 0 bridgehead atoms. The molecule has 2 rings (SSSR count). The molecule has 0 aliphatic rings. The summed E-state index contributed by atoms with van der Waals surface area (Å²) in [5.41, 5.74) is 1.34. The minimum absolute atomic E-state index is 0.0999. The van der Waals surface area contributed by atoms with E-state index in [1.54, 1.807) is 37.4 Å². The molecule has 138 valence electrons. The van der Waals surface area contributed by atoms with Crippen LogP contribution in [0.25, 0.3) is 0 Å². The van der Waals surface area contributed by atoms with Crippen molar-refractivity contribution in [1.29, 1.82) is 0 Å². The summed E-state index contributed by atoms with van der Waals surface area (Å²) in [6.45, 7) is 0.333. The summed E-state index contributed by atoms with van der Waals surface area (Å²) < 4.78 is 10.3. The summed E-state index contributed by atoms with van der Waals surface area (Å²) in [5.74, 6) is 0.419. The molecule has 0 saturated heterocycles. The highest BCUT2D eigenvalue weighted by Gasteiger charge is 2.14. The van der Waals surface area contributed by atoms with Crippen molar-refractivity contribution in [3.05, 3.63) is 58.6 Å². The Balaban J connectivity index is 1.91. The average molecular weight is 377 g/mol. The van der Waals surface area contributed by atoms with Crippen LogP contribution in [0.5, 0.6) is 11.5 Å². The number of nitrogens with zero attached hydrogens (tertiary/aromatic N) is 1. The Kier molecular flexibility index (Phi) is 6.86. The van der Waals surface area contributed by atoms with Crippen LogP contribution in [-0.4, -0.2) is 44.5 Å². The number of nitrogens with one attached hydrogen (secondary N) is 1. The van der Waals surface area contributed by atoms with E-state index in [9.17, 15) is 9.59 Å². The first kappa shape index (κ1) is 19.6. The third-order valence-electron chi connectivity index (χ3n) is 3.80. The van der Waals surface area contributed by atoms with Crippen LogP contribution < -0.4 is 14.8 Å². The van der Waals surface area contributed by atoms with Gasteiger partial charge in [0.05, 0.1) is 20.8 Å². The zero-order valence-electron chi connectivity index (χ0n) is 14.9. The largest absolute Gasteiger partial charge is 0.493 e. The fourth-order valence-electron chi connectivity index (χ4n) is 2.32. The van der Waals surface area contributed by atoms with Crippen molar-refractivity contribution in [3.8, 4) is 11.5 Å². The number of amides is 2. The Morgan fingerprint density at radius 2 is 1.69 bits per heavy atom. The van der Waals surface area contributed by atoms with Gasteiger partial charge in [0.25, 0.3) is 5.91 Å². The quantitative estimate of drug-likeness (QED) is 0.806. The fourth-order valence-corrected chi connectivity index (χ4v) is 2.45. The van der Waals surface area contributed by atoms with E-state index in [0.717, 1.165) is 5.56 Å². The van der Waals surface area contributed by atoms with Gasteiger partial charge in [0, 0.05) is 24.2 Å². The summed E-state index contributed by atoms with van der Waals surface area (Å²) >= 11 is 5.85. The average Bonchev–Trinajstić information content (AvgIpc) is 2.66. The van der Waals surface area contributed by atoms with Gasteiger partial charge >= 0.3 is 0 Å². The number of hydrogen-bond donors (Lipinski definition) is 1. The number of carbonyl (C=O) groups is 2. The number of benzene rings is 2. The van der Waals surface area contributed by atoms with Gasteiger partial charge in [-0.25, -0.2) is 0 Å². The van der Waals surface area contributed by atoms with E-state index in [1.165, 1.54) is 19.1 Å². The molecule has 2 amide bonds. The predicted octanol–water partition coefficient (Wildman–Crippen LogP) is 2.75. The van der Waals surface area contributed by atoms with Gasteiger partial charge in [0.2, 0.25) is 5.91 Å². The molecule has 7 heteroatoms. The van der Waals surface area contributed by atoms with Crippen LogP contribution in [0.2, 0.25) is 5.02 Å². The lowest BCUT2D eigenvalue weighted by atomic mass is 10.2. The van der Waals surface area contributed by atoms with E-state index in [1.807, 2.05) is 12.1 Å². The standard InChI is InChI=1S/C19H21ClN2O4/c1-22(12-13-4-7-15(20)8-5-13)18(23)11-21-19(24)14-6-9-16(25-2)17(10-14)26-3/h4-10H,11-12H2,1-3H3,(H,21,24). The second-order valence-corrected chi connectivity index (χ2v) is 6.07. The molecule has 0 radical (unpaired) electrons. The van der Waals surface area contributed by atoms with E-state index < -0.39 is 0 Å². The van der Waals surface area contributed by atoms with Gasteiger partial charge in [-0.3, -0.25) is 9.59 Å². The van der Waals surface area contributed by atoms with Gasteiger partial charge in [-0.2, -0.15) is 0 Å². The van der Waals surface area contributed by atoms with E-state index >= 15 is 0 Å².